The summed E-state index contributed by atoms with van der Waals surface area (Å²) in [6, 6.07) is 8.36. The normalized spacial score (nSPS) is 20.8. The lowest BCUT2D eigenvalue weighted by molar-refractivity contribution is 0.0322. The lowest BCUT2D eigenvalue weighted by Crippen LogP contribution is -2.47. The Labute approximate surface area is 196 Å². The molecule has 1 aromatic rings. The fourth-order valence-electron chi connectivity index (χ4n) is 3.53. The summed E-state index contributed by atoms with van der Waals surface area (Å²) < 4.78 is 11.4. The summed E-state index contributed by atoms with van der Waals surface area (Å²) in [5.41, 5.74) is 1.21. The molecule has 2 saturated heterocycles. The third-order valence-corrected chi connectivity index (χ3v) is 6.61. The number of hydrogen-bond acceptors (Lipinski definition) is 5. The molecule has 2 aliphatic heterocycles. The SMILES string of the molecule is CCC1CN(C(=NC)NCc2cccc(OCCN3CCOCC3)c2)CCS1.I. The third-order valence-electron chi connectivity index (χ3n) is 5.23. The van der Waals surface area contributed by atoms with E-state index in [0.717, 1.165) is 64.2 Å². The van der Waals surface area contributed by atoms with Gasteiger partial charge in [-0.25, -0.2) is 0 Å². The van der Waals surface area contributed by atoms with Crippen molar-refractivity contribution in [3.8, 4) is 5.75 Å². The Balaban J connectivity index is 0.00000300. The molecule has 2 fully saturated rings. The predicted molar refractivity (Wildman–Crippen MR) is 133 cm³/mol. The Morgan fingerprint density at radius 2 is 2.14 bits per heavy atom. The number of benzene rings is 1. The van der Waals surface area contributed by atoms with Gasteiger partial charge < -0.3 is 19.7 Å². The summed E-state index contributed by atoms with van der Waals surface area (Å²) >= 11 is 2.08. The number of thioether (sulfide) groups is 1. The quantitative estimate of drug-likeness (QED) is 0.330. The minimum absolute atomic E-state index is 0. The first kappa shape index (κ1) is 24.6. The molecular formula is C21H35IN4O2S. The van der Waals surface area contributed by atoms with Crippen molar-refractivity contribution in [2.45, 2.75) is 25.1 Å². The number of rotatable bonds is 7. The molecule has 1 N–H and O–H groups in total. The Kier molecular flexibility index (Phi) is 11.5. The van der Waals surface area contributed by atoms with Crippen LogP contribution in [0.15, 0.2) is 29.3 Å². The minimum atomic E-state index is 0. The smallest absolute Gasteiger partial charge is 0.193 e. The molecule has 2 aliphatic rings. The zero-order chi connectivity index (χ0) is 19.6. The number of nitrogens with one attached hydrogen (secondary N) is 1. The van der Waals surface area contributed by atoms with Crippen LogP contribution in [0.4, 0.5) is 0 Å². The van der Waals surface area contributed by atoms with Gasteiger partial charge in [0.05, 0.1) is 13.2 Å². The van der Waals surface area contributed by atoms with E-state index in [9.17, 15) is 0 Å². The van der Waals surface area contributed by atoms with Crippen molar-refractivity contribution in [2.24, 2.45) is 4.99 Å². The predicted octanol–water partition coefficient (Wildman–Crippen LogP) is 2.92. The van der Waals surface area contributed by atoms with Gasteiger partial charge in [-0.15, -0.1) is 24.0 Å². The lowest BCUT2D eigenvalue weighted by atomic mass is 10.2. The van der Waals surface area contributed by atoms with Crippen molar-refractivity contribution >= 4 is 41.7 Å². The summed E-state index contributed by atoms with van der Waals surface area (Å²) in [7, 11) is 1.87. The summed E-state index contributed by atoms with van der Waals surface area (Å²) in [4.78, 5) is 9.27. The zero-order valence-electron chi connectivity index (χ0n) is 17.6. The molecule has 6 nitrogen and oxygen atoms in total. The average Bonchev–Trinajstić information content (AvgIpc) is 2.75. The first-order valence-corrected chi connectivity index (χ1v) is 11.4. The number of ether oxygens (including phenoxy) is 2. The maximum absolute atomic E-state index is 5.97. The molecule has 3 rings (SSSR count). The van der Waals surface area contributed by atoms with E-state index in [4.69, 9.17) is 9.47 Å². The van der Waals surface area contributed by atoms with Gasteiger partial charge in [-0.05, 0) is 24.1 Å². The van der Waals surface area contributed by atoms with Gasteiger partial charge in [0, 0.05) is 57.3 Å². The maximum Gasteiger partial charge on any atom is 0.193 e. The molecule has 2 heterocycles. The molecule has 164 valence electrons. The topological polar surface area (TPSA) is 49.3 Å². The third kappa shape index (κ3) is 8.15. The zero-order valence-corrected chi connectivity index (χ0v) is 20.8. The minimum Gasteiger partial charge on any atom is -0.492 e. The monoisotopic (exact) mass is 534 g/mol. The van der Waals surface area contributed by atoms with Gasteiger partial charge in [0.1, 0.15) is 12.4 Å². The molecular weight excluding hydrogens is 499 g/mol. The van der Waals surface area contributed by atoms with Crippen LogP contribution in [0.2, 0.25) is 0 Å². The standard InChI is InChI=1S/C21H34N4O2S.HI/c1-3-20-17-25(10-14-28-20)21(22-2)23-16-18-5-4-6-19(15-18)27-13-9-24-7-11-26-12-8-24;/h4-6,15,20H,3,7-14,16-17H2,1-2H3,(H,22,23);1H. The van der Waals surface area contributed by atoms with Crippen LogP contribution in [0.3, 0.4) is 0 Å². The highest BCUT2D eigenvalue weighted by Gasteiger charge is 2.21. The first-order valence-electron chi connectivity index (χ1n) is 10.4. The van der Waals surface area contributed by atoms with E-state index in [2.05, 4.69) is 57.0 Å². The molecule has 0 radical (unpaired) electrons. The second kappa shape index (κ2) is 13.6. The van der Waals surface area contributed by atoms with Crippen molar-refractivity contribution in [3.05, 3.63) is 29.8 Å². The highest BCUT2D eigenvalue weighted by molar-refractivity contribution is 14.0. The van der Waals surface area contributed by atoms with Gasteiger partial charge in [-0.1, -0.05) is 19.1 Å². The van der Waals surface area contributed by atoms with Crippen molar-refractivity contribution < 1.29 is 9.47 Å². The fourth-order valence-corrected chi connectivity index (χ4v) is 4.71. The Hall–Kier alpha value is -0.710. The summed E-state index contributed by atoms with van der Waals surface area (Å²) in [5.74, 6) is 3.10. The maximum atomic E-state index is 5.97. The summed E-state index contributed by atoms with van der Waals surface area (Å²) in [6.45, 7) is 10.5. The first-order chi connectivity index (χ1) is 13.8. The molecule has 1 aromatic carbocycles. The second-order valence-corrected chi connectivity index (χ2v) is 8.61. The van der Waals surface area contributed by atoms with Gasteiger partial charge in [0.25, 0.3) is 0 Å². The molecule has 0 spiro atoms. The number of aliphatic imine (C=N–C) groups is 1. The summed E-state index contributed by atoms with van der Waals surface area (Å²) in [6.07, 6.45) is 1.21. The van der Waals surface area contributed by atoms with Crippen LogP contribution < -0.4 is 10.1 Å². The van der Waals surface area contributed by atoms with Gasteiger partial charge in [-0.3, -0.25) is 9.89 Å². The van der Waals surface area contributed by atoms with Crippen LogP contribution in [0.25, 0.3) is 0 Å². The van der Waals surface area contributed by atoms with Crippen LogP contribution >= 0.6 is 35.7 Å². The van der Waals surface area contributed by atoms with Crippen LogP contribution in [-0.4, -0.2) is 86.4 Å². The number of halogens is 1. The van der Waals surface area contributed by atoms with E-state index in [0.29, 0.717) is 11.9 Å². The highest BCUT2D eigenvalue weighted by atomic mass is 127. The van der Waals surface area contributed by atoms with Gasteiger partial charge in [0.2, 0.25) is 0 Å². The van der Waals surface area contributed by atoms with Crippen molar-refractivity contribution in [1.29, 1.82) is 0 Å². The number of nitrogens with zero attached hydrogens (tertiary/aromatic N) is 3. The highest BCUT2D eigenvalue weighted by Crippen LogP contribution is 2.21. The molecule has 0 bridgehead atoms. The molecule has 1 unspecified atom stereocenters. The van der Waals surface area contributed by atoms with Crippen LogP contribution in [0.5, 0.6) is 5.75 Å². The molecule has 0 aromatic heterocycles. The second-order valence-electron chi connectivity index (χ2n) is 7.20. The van der Waals surface area contributed by atoms with E-state index < -0.39 is 0 Å². The number of hydrogen-bond donors (Lipinski definition) is 1. The van der Waals surface area contributed by atoms with Crippen molar-refractivity contribution in [1.82, 2.24) is 15.1 Å². The van der Waals surface area contributed by atoms with Gasteiger partial charge in [0.15, 0.2) is 5.96 Å². The van der Waals surface area contributed by atoms with Crippen LogP contribution in [0, 0.1) is 0 Å². The average molecular weight is 535 g/mol. The van der Waals surface area contributed by atoms with E-state index in [1.807, 2.05) is 13.1 Å². The molecule has 0 aliphatic carbocycles. The van der Waals surface area contributed by atoms with Crippen molar-refractivity contribution in [2.75, 3.05) is 65.3 Å². The van der Waals surface area contributed by atoms with Crippen LogP contribution in [0.1, 0.15) is 18.9 Å². The number of guanidine groups is 1. The van der Waals surface area contributed by atoms with E-state index >= 15 is 0 Å². The molecule has 29 heavy (non-hydrogen) atoms. The number of morpholine rings is 1. The van der Waals surface area contributed by atoms with Gasteiger partial charge in [-0.2, -0.15) is 11.8 Å². The van der Waals surface area contributed by atoms with E-state index in [-0.39, 0.29) is 24.0 Å². The Bertz CT molecular complexity index is 628. The molecule has 0 saturated carbocycles. The van der Waals surface area contributed by atoms with Crippen molar-refractivity contribution in [3.63, 3.8) is 0 Å². The lowest BCUT2D eigenvalue weighted by Gasteiger charge is -2.34. The molecule has 0 amide bonds. The largest absolute Gasteiger partial charge is 0.492 e. The van der Waals surface area contributed by atoms with E-state index in [1.165, 1.54) is 17.7 Å². The van der Waals surface area contributed by atoms with E-state index in [1.54, 1.807) is 0 Å². The molecule has 8 heteroatoms. The Morgan fingerprint density at radius 1 is 1.31 bits per heavy atom. The fraction of sp³-hybridized carbons (Fsp3) is 0.667. The van der Waals surface area contributed by atoms with Crippen LogP contribution in [-0.2, 0) is 11.3 Å². The Morgan fingerprint density at radius 3 is 2.90 bits per heavy atom. The van der Waals surface area contributed by atoms with Gasteiger partial charge >= 0.3 is 0 Å². The molecule has 1 atom stereocenters. The summed E-state index contributed by atoms with van der Waals surface area (Å²) in [5, 5.41) is 4.23.